The first-order valence-corrected chi connectivity index (χ1v) is 18.9. The molecule has 1 amide bonds. The van der Waals surface area contributed by atoms with Crippen molar-refractivity contribution >= 4 is 28.7 Å². The summed E-state index contributed by atoms with van der Waals surface area (Å²) in [5.74, 6) is -1.84. The number of piperidine rings is 1. The number of carbonyl (C=O) groups is 2. The van der Waals surface area contributed by atoms with Crippen LogP contribution in [-0.2, 0) is 11.0 Å². The summed E-state index contributed by atoms with van der Waals surface area (Å²) in [5, 5.41) is 13.7. The maximum absolute atomic E-state index is 14.8. The van der Waals surface area contributed by atoms with Gasteiger partial charge in [0.15, 0.2) is 17.3 Å². The Hall–Kier alpha value is -4.82. The molecule has 0 atom stereocenters. The summed E-state index contributed by atoms with van der Waals surface area (Å²) in [5.41, 5.74) is -2.70. The molecule has 1 saturated heterocycles. The first-order valence-electron chi connectivity index (χ1n) is 18.9. The number of aromatic nitrogens is 5. The molecule has 5 fully saturated rings. The number of carboxylic acids is 1. The van der Waals surface area contributed by atoms with Crippen LogP contribution in [0.25, 0.3) is 22.3 Å². The molecule has 3 aromatic heterocycles. The van der Waals surface area contributed by atoms with Crippen LogP contribution in [0.3, 0.4) is 0 Å². The first-order chi connectivity index (χ1) is 25.9. The summed E-state index contributed by atoms with van der Waals surface area (Å²) in [6, 6.07) is 5.48. The van der Waals surface area contributed by atoms with Gasteiger partial charge in [-0.2, -0.15) is 13.2 Å². The number of ether oxygens (including phenoxy) is 1. The quantitative estimate of drug-likeness (QED) is 0.158. The molecule has 54 heavy (non-hydrogen) atoms. The molecule has 4 heterocycles. The molecule has 0 unspecified atom stereocenters. The Morgan fingerprint density at radius 3 is 2.22 bits per heavy atom. The van der Waals surface area contributed by atoms with Crippen molar-refractivity contribution in [2.24, 2.45) is 23.7 Å². The van der Waals surface area contributed by atoms with Crippen LogP contribution in [0.2, 0.25) is 0 Å². The fourth-order valence-electron chi connectivity index (χ4n) is 9.98. The number of anilines is 1. The minimum absolute atomic E-state index is 0.0239. The third kappa shape index (κ3) is 6.32. The summed E-state index contributed by atoms with van der Waals surface area (Å²) in [6.45, 7) is 5.33. The summed E-state index contributed by atoms with van der Waals surface area (Å²) in [4.78, 5) is 45.0. The van der Waals surface area contributed by atoms with Gasteiger partial charge >= 0.3 is 12.1 Å². The van der Waals surface area contributed by atoms with E-state index in [4.69, 9.17) is 4.74 Å². The van der Waals surface area contributed by atoms with Crippen LogP contribution in [0.4, 0.5) is 23.5 Å². The zero-order valence-electron chi connectivity index (χ0n) is 30.2. The summed E-state index contributed by atoms with van der Waals surface area (Å²) < 4.78 is 66.0. The lowest BCUT2D eigenvalue weighted by molar-refractivity contribution is -0.163. The number of halogens is 4. The molecule has 11 nitrogen and oxygen atoms in total. The highest BCUT2D eigenvalue weighted by atomic mass is 19.4. The third-order valence-electron chi connectivity index (χ3n) is 12.4. The van der Waals surface area contributed by atoms with E-state index in [0.29, 0.717) is 86.1 Å². The van der Waals surface area contributed by atoms with E-state index in [1.807, 2.05) is 29.4 Å². The zero-order chi connectivity index (χ0) is 37.9. The van der Waals surface area contributed by atoms with Gasteiger partial charge < -0.3 is 24.6 Å². The Bertz CT molecular complexity index is 2030. The monoisotopic (exact) mass is 749 g/mol. The minimum Gasteiger partial charge on any atom is -0.490 e. The lowest BCUT2D eigenvalue weighted by Crippen LogP contribution is -2.70. The van der Waals surface area contributed by atoms with Crippen molar-refractivity contribution in [1.29, 1.82) is 0 Å². The number of benzene rings is 1. The van der Waals surface area contributed by atoms with Gasteiger partial charge in [-0.3, -0.25) is 4.79 Å². The smallest absolute Gasteiger partial charge is 0.434 e. The van der Waals surface area contributed by atoms with Crippen molar-refractivity contribution < 1.29 is 37.0 Å². The molecule has 0 spiro atoms. The number of nitrogens with zero attached hydrogens (tertiary/aromatic N) is 6. The molecule has 5 aliphatic rings. The maximum Gasteiger partial charge on any atom is 0.434 e. The predicted molar refractivity (Wildman–Crippen MR) is 190 cm³/mol. The van der Waals surface area contributed by atoms with Gasteiger partial charge in [-0.15, -0.1) is 0 Å². The van der Waals surface area contributed by atoms with Crippen LogP contribution in [0.15, 0.2) is 43.0 Å². The van der Waals surface area contributed by atoms with E-state index in [1.54, 1.807) is 18.3 Å². The molecule has 9 rings (SSSR count). The molecule has 2 N–H and O–H groups in total. The van der Waals surface area contributed by atoms with Crippen LogP contribution in [0, 0.1) is 29.5 Å². The van der Waals surface area contributed by atoms with Crippen molar-refractivity contribution in [3.05, 3.63) is 60.1 Å². The highest BCUT2D eigenvalue weighted by Gasteiger charge is 2.62. The number of carboxylic acid groups (broad SMARTS) is 1. The van der Waals surface area contributed by atoms with Crippen LogP contribution in [0.1, 0.15) is 93.7 Å². The second kappa shape index (κ2) is 13.8. The van der Waals surface area contributed by atoms with Crippen LogP contribution in [0.5, 0.6) is 5.75 Å². The lowest BCUT2D eigenvalue weighted by atomic mass is 9.48. The van der Waals surface area contributed by atoms with E-state index in [9.17, 15) is 32.3 Å². The molecule has 4 aliphatic carbocycles. The van der Waals surface area contributed by atoms with Gasteiger partial charge in [0, 0.05) is 61.4 Å². The number of aliphatic carboxylic acids is 1. The molecule has 286 valence electrons. The second-order valence-corrected chi connectivity index (χ2v) is 15.5. The molecular weight excluding hydrogens is 706 g/mol. The molecule has 4 saturated carbocycles. The van der Waals surface area contributed by atoms with E-state index in [2.05, 4.69) is 25.3 Å². The molecule has 15 heteroatoms. The van der Waals surface area contributed by atoms with Gasteiger partial charge in [-0.1, -0.05) is 13.8 Å². The third-order valence-corrected chi connectivity index (χ3v) is 12.4. The summed E-state index contributed by atoms with van der Waals surface area (Å²) in [7, 11) is 0. The standard InChI is InChI=1S/C39H43F4N7O4/c1-3-26(4-2)50-20-31(29-6-5-28(16-32(29)50)54-27-7-9-49(10-8-27)37-45-17-25(40)18-46-37)34-44-19-30(33(47-34)39(41,42)43)35(51)48-38(36(52)53)23-12-21-11-22(14-23)15-24(38)13-21/h5-6,16-24,26-27H,3-4,7-15H2,1-2H3,(H,48,51)(H,52,53). The number of carbonyl (C=O) groups excluding carboxylic acids is 1. The zero-order valence-corrected chi connectivity index (χ0v) is 30.2. The second-order valence-electron chi connectivity index (χ2n) is 15.5. The Morgan fingerprint density at radius 2 is 1.63 bits per heavy atom. The van der Waals surface area contributed by atoms with Crippen LogP contribution >= 0.6 is 0 Å². The van der Waals surface area contributed by atoms with E-state index >= 15 is 0 Å². The average molecular weight is 750 g/mol. The number of rotatable bonds is 10. The minimum atomic E-state index is -5.02. The predicted octanol–water partition coefficient (Wildman–Crippen LogP) is 7.46. The SMILES string of the molecule is CCC(CC)n1cc(-c2ncc(C(=O)NC3(C(=O)O)C4CC5CC(C4)CC3C5)c(C(F)(F)F)n2)c2ccc(OC3CCN(c4ncc(F)cn4)CC3)cc21. The van der Waals surface area contributed by atoms with Crippen LogP contribution < -0.4 is 15.0 Å². The first kappa shape index (κ1) is 36.2. The van der Waals surface area contributed by atoms with E-state index in [-0.39, 0.29) is 29.8 Å². The van der Waals surface area contributed by atoms with Crippen LogP contribution in [-0.4, -0.2) is 66.2 Å². The highest BCUT2D eigenvalue weighted by Crippen LogP contribution is 2.58. The Labute approximate surface area is 309 Å². The maximum atomic E-state index is 14.8. The van der Waals surface area contributed by atoms with E-state index < -0.39 is 40.7 Å². The summed E-state index contributed by atoms with van der Waals surface area (Å²) >= 11 is 0. The van der Waals surface area contributed by atoms with Crippen molar-refractivity contribution in [3.63, 3.8) is 0 Å². The lowest BCUT2D eigenvalue weighted by Gasteiger charge is -2.59. The number of nitrogens with one attached hydrogen (secondary N) is 1. The largest absolute Gasteiger partial charge is 0.490 e. The van der Waals surface area contributed by atoms with Crippen molar-refractivity contribution in [2.75, 3.05) is 18.0 Å². The van der Waals surface area contributed by atoms with Gasteiger partial charge in [0.25, 0.3) is 5.91 Å². The molecule has 1 aromatic carbocycles. The van der Waals surface area contributed by atoms with Crippen molar-refractivity contribution in [3.8, 4) is 17.1 Å². The molecule has 4 aromatic rings. The number of fused-ring (bicyclic) bond motifs is 1. The molecule has 0 radical (unpaired) electrons. The topological polar surface area (TPSA) is 135 Å². The normalized spacial score (nSPS) is 25.4. The number of hydrogen-bond donors (Lipinski definition) is 2. The van der Waals surface area contributed by atoms with Crippen molar-refractivity contribution in [2.45, 2.75) is 95.5 Å². The molecule has 1 aliphatic heterocycles. The fourth-order valence-corrected chi connectivity index (χ4v) is 9.98. The van der Waals surface area contributed by atoms with Gasteiger partial charge in [0.05, 0.1) is 23.5 Å². The summed E-state index contributed by atoms with van der Waals surface area (Å²) in [6.07, 6.45) is 6.29. The Kier molecular flexibility index (Phi) is 9.24. The van der Waals surface area contributed by atoms with Gasteiger partial charge in [-0.25, -0.2) is 29.1 Å². The Morgan fingerprint density at radius 1 is 0.981 bits per heavy atom. The van der Waals surface area contributed by atoms with Gasteiger partial charge in [0.2, 0.25) is 5.95 Å². The number of amides is 1. The molecular formula is C39H43F4N7O4. The number of alkyl halides is 3. The van der Waals surface area contributed by atoms with Crippen molar-refractivity contribution in [1.82, 2.24) is 29.8 Å². The average Bonchev–Trinajstić information content (AvgIpc) is 3.52. The fraction of sp³-hybridized carbons (Fsp3) is 0.538. The number of hydrogen-bond acceptors (Lipinski definition) is 8. The van der Waals surface area contributed by atoms with E-state index in [0.717, 1.165) is 43.4 Å². The highest BCUT2D eigenvalue weighted by molar-refractivity contribution is 6.00. The van der Waals surface area contributed by atoms with Gasteiger partial charge in [0.1, 0.15) is 17.4 Å². The van der Waals surface area contributed by atoms with E-state index in [1.165, 1.54) is 0 Å². The van der Waals surface area contributed by atoms with Gasteiger partial charge in [-0.05, 0) is 80.8 Å². The molecule has 4 bridgehead atoms. The Balaban J connectivity index is 1.08.